The summed E-state index contributed by atoms with van der Waals surface area (Å²) < 4.78 is 72.5. The number of aromatic hydroxyl groups is 2. The molecule has 2 N–H and O–H groups in total. The van der Waals surface area contributed by atoms with Gasteiger partial charge in [0.2, 0.25) is 0 Å². The van der Waals surface area contributed by atoms with Crippen LogP contribution in [0.25, 0.3) is 10.8 Å². The first-order valence-electron chi connectivity index (χ1n) is 12.2. The molecule has 0 fully saturated rings. The standard InChI is InChI=1S/C9H7.2C7H5F3O.C6H7.C3H6.Zr/c1-2-5-9-7-3-6-8(9)4-1;2*8-7(9,10)5-1-3-6(11)4-2-5;1-6-4-2-3-5-6;1-3-2;/h1-7H;2*1-4,11H;2,4H,3H2,1H3;1-2H3;/q-1;;;-1;;+2. The van der Waals surface area contributed by atoms with Crippen LogP contribution in [-0.4, -0.2) is 13.4 Å². The molecular weight excluding hydrogens is 622 g/mol. The maximum atomic E-state index is 11.8. The van der Waals surface area contributed by atoms with E-state index >= 15 is 0 Å². The van der Waals surface area contributed by atoms with Gasteiger partial charge in [-0.3, -0.25) is 6.08 Å². The van der Waals surface area contributed by atoms with Crippen LogP contribution in [0.2, 0.25) is 0 Å². The van der Waals surface area contributed by atoms with Gasteiger partial charge in [-0.1, -0.05) is 13.0 Å². The van der Waals surface area contributed by atoms with E-state index in [0.717, 1.165) is 55.0 Å². The van der Waals surface area contributed by atoms with Crippen molar-refractivity contribution < 1.29 is 60.8 Å². The van der Waals surface area contributed by atoms with E-state index in [1.165, 1.54) is 19.6 Å². The smallest absolute Gasteiger partial charge is 0.416 e. The molecule has 0 radical (unpaired) electrons. The van der Waals surface area contributed by atoms with E-state index in [4.69, 9.17) is 10.2 Å². The van der Waals surface area contributed by atoms with Gasteiger partial charge < -0.3 is 10.2 Å². The van der Waals surface area contributed by atoms with E-state index in [9.17, 15) is 26.3 Å². The van der Waals surface area contributed by atoms with Gasteiger partial charge in [-0.15, -0.1) is 36.1 Å². The summed E-state index contributed by atoms with van der Waals surface area (Å²) in [6.07, 6.45) is -0.317. The second kappa shape index (κ2) is 17.5. The van der Waals surface area contributed by atoms with Crippen molar-refractivity contribution in [3.8, 4) is 11.5 Å². The van der Waals surface area contributed by atoms with Gasteiger partial charge in [-0.05, 0) is 48.5 Å². The van der Waals surface area contributed by atoms with Crippen LogP contribution >= 0.6 is 0 Å². The summed E-state index contributed by atoms with van der Waals surface area (Å²) >= 11 is 1.55. The molecule has 0 saturated carbocycles. The topological polar surface area (TPSA) is 40.5 Å². The molecule has 41 heavy (non-hydrogen) atoms. The van der Waals surface area contributed by atoms with Gasteiger partial charge in [0, 0.05) is 0 Å². The van der Waals surface area contributed by atoms with Crippen LogP contribution in [0.3, 0.4) is 0 Å². The molecule has 0 amide bonds. The molecule has 0 bridgehead atoms. The van der Waals surface area contributed by atoms with Crippen molar-refractivity contribution >= 4 is 14.0 Å². The fraction of sp³-hybridized carbons (Fsp3) is 0.188. The SMILES string of the molecule is CC1=[C-]CC=C1.C[C](C)=[Zr+2].Oc1ccc(C(F)(F)F)cc1.Oc1ccc(C(F)(F)F)cc1.c1ccc2[cH-]ccc2c1. The van der Waals surface area contributed by atoms with E-state index < -0.39 is 23.5 Å². The Morgan fingerprint density at radius 2 is 1.20 bits per heavy atom. The van der Waals surface area contributed by atoms with Gasteiger partial charge in [0.05, 0.1) is 11.1 Å². The quantitative estimate of drug-likeness (QED) is 0.147. The molecule has 0 unspecified atom stereocenters. The maximum absolute atomic E-state index is 11.8. The third-order valence-corrected chi connectivity index (χ3v) is 4.80. The van der Waals surface area contributed by atoms with Crippen molar-refractivity contribution in [2.24, 2.45) is 0 Å². The molecule has 1 aliphatic carbocycles. The van der Waals surface area contributed by atoms with E-state index in [1.807, 2.05) is 0 Å². The molecular formula is C32H30F6O2Zr. The minimum atomic E-state index is -4.33. The number of benzene rings is 3. The van der Waals surface area contributed by atoms with Crippen LogP contribution < -0.4 is 0 Å². The number of hydrogen-bond donors (Lipinski definition) is 2. The molecule has 9 heteroatoms. The zero-order chi connectivity index (χ0) is 31.1. The van der Waals surface area contributed by atoms with Gasteiger partial charge in [-0.2, -0.15) is 49.9 Å². The third-order valence-electron chi connectivity index (χ3n) is 4.80. The van der Waals surface area contributed by atoms with Crippen LogP contribution in [0.4, 0.5) is 26.3 Å². The zero-order valence-electron chi connectivity index (χ0n) is 22.7. The Kier molecular flexibility index (Phi) is 15.2. The van der Waals surface area contributed by atoms with Gasteiger partial charge in [-0.25, -0.2) is 11.6 Å². The number of fused-ring (bicyclic) bond motifs is 1. The Bertz CT molecular complexity index is 1290. The molecule has 2 nitrogen and oxygen atoms in total. The summed E-state index contributed by atoms with van der Waals surface area (Å²) in [4.78, 5) is 0. The Labute approximate surface area is 251 Å². The summed E-state index contributed by atoms with van der Waals surface area (Å²) in [5.41, 5.74) is -0.236. The van der Waals surface area contributed by atoms with E-state index in [1.54, 1.807) is 24.2 Å². The first kappa shape index (κ1) is 35.7. The molecule has 0 aliphatic heterocycles. The number of allylic oxidation sites excluding steroid dienone is 4. The summed E-state index contributed by atoms with van der Waals surface area (Å²) in [6.45, 7) is 6.31. The fourth-order valence-corrected chi connectivity index (χ4v) is 2.89. The van der Waals surface area contributed by atoms with Crippen LogP contribution in [0.5, 0.6) is 11.5 Å². The third kappa shape index (κ3) is 15.9. The van der Waals surface area contributed by atoms with Crippen molar-refractivity contribution in [1.82, 2.24) is 0 Å². The van der Waals surface area contributed by atoms with Crippen LogP contribution in [0, 0.1) is 6.08 Å². The molecule has 5 rings (SSSR count). The van der Waals surface area contributed by atoms with Crippen molar-refractivity contribution in [2.45, 2.75) is 39.5 Å². The normalized spacial score (nSPS) is 11.8. The van der Waals surface area contributed by atoms with Crippen molar-refractivity contribution in [2.75, 3.05) is 0 Å². The zero-order valence-corrected chi connectivity index (χ0v) is 25.1. The summed E-state index contributed by atoms with van der Waals surface area (Å²) in [7, 11) is 0. The van der Waals surface area contributed by atoms with Crippen LogP contribution in [-0.2, 0) is 36.6 Å². The number of phenolic OH excluding ortho intramolecular Hbond substituents is 2. The molecule has 0 atom stereocenters. The Balaban J connectivity index is 0.000000266. The number of rotatable bonds is 0. The molecule has 0 heterocycles. The monoisotopic (exact) mass is 650 g/mol. The second-order valence-corrected chi connectivity index (χ2v) is 11.2. The van der Waals surface area contributed by atoms with E-state index in [-0.39, 0.29) is 11.5 Å². The first-order chi connectivity index (χ1) is 19.1. The minimum Gasteiger partial charge on any atom is -0.508 e. The van der Waals surface area contributed by atoms with Crippen molar-refractivity contribution in [1.29, 1.82) is 0 Å². The van der Waals surface area contributed by atoms with Crippen molar-refractivity contribution in [3.63, 3.8) is 0 Å². The first-order valence-corrected chi connectivity index (χ1v) is 13.4. The Morgan fingerprint density at radius 1 is 0.756 bits per heavy atom. The van der Waals surface area contributed by atoms with E-state index in [2.05, 4.69) is 81.5 Å². The van der Waals surface area contributed by atoms with Crippen LogP contribution in [0.15, 0.2) is 109 Å². The van der Waals surface area contributed by atoms with Crippen LogP contribution in [0.1, 0.15) is 38.3 Å². The average molecular weight is 652 g/mol. The average Bonchev–Trinajstić information content (AvgIpc) is 3.56. The number of halogens is 6. The summed E-state index contributed by atoms with van der Waals surface area (Å²) in [5, 5.41) is 20.0. The molecule has 4 aromatic carbocycles. The summed E-state index contributed by atoms with van der Waals surface area (Å²) in [5.74, 6) is -0.337. The summed E-state index contributed by atoms with van der Waals surface area (Å²) in [6, 6.07) is 22.0. The minimum absolute atomic E-state index is 0.169. The molecule has 4 aromatic rings. The number of alkyl halides is 6. The Hall–Kier alpha value is -3.32. The number of phenols is 2. The molecule has 216 valence electrons. The van der Waals surface area contributed by atoms with Gasteiger partial charge in [0.25, 0.3) is 0 Å². The van der Waals surface area contributed by atoms with Gasteiger partial charge in [0.1, 0.15) is 11.5 Å². The second-order valence-electron chi connectivity index (χ2n) is 8.71. The molecule has 0 spiro atoms. The van der Waals surface area contributed by atoms with Crippen molar-refractivity contribution in [3.05, 3.63) is 126 Å². The molecule has 1 aliphatic rings. The fourth-order valence-electron chi connectivity index (χ4n) is 2.89. The largest absolute Gasteiger partial charge is 0.508 e. The number of hydrogen-bond acceptors (Lipinski definition) is 2. The Morgan fingerprint density at radius 3 is 1.51 bits per heavy atom. The van der Waals surface area contributed by atoms with E-state index in [0.29, 0.717) is 0 Å². The predicted octanol–water partition coefficient (Wildman–Crippen LogP) is 9.82. The predicted molar refractivity (Wildman–Crippen MR) is 148 cm³/mol. The van der Waals surface area contributed by atoms with Gasteiger partial charge >= 0.3 is 53.6 Å². The maximum Gasteiger partial charge on any atom is 0.416 e. The molecule has 0 saturated heterocycles. The molecule has 0 aromatic heterocycles. The van der Waals surface area contributed by atoms with Gasteiger partial charge in [0.15, 0.2) is 0 Å².